The Morgan fingerprint density at radius 1 is 1.17 bits per heavy atom. The van der Waals surface area contributed by atoms with Crippen LogP contribution >= 0.6 is 0 Å². The van der Waals surface area contributed by atoms with Gasteiger partial charge >= 0.3 is 6.09 Å². The van der Waals surface area contributed by atoms with Gasteiger partial charge in [-0.3, -0.25) is 9.79 Å². The number of hydrazine groups is 1. The van der Waals surface area contributed by atoms with Crippen molar-refractivity contribution in [2.45, 2.75) is 78.7 Å². The van der Waals surface area contributed by atoms with Crippen molar-refractivity contribution in [1.82, 2.24) is 14.9 Å². The van der Waals surface area contributed by atoms with Gasteiger partial charge in [0.2, 0.25) is 0 Å². The van der Waals surface area contributed by atoms with Gasteiger partial charge in [0.25, 0.3) is 5.91 Å². The molecule has 0 radical (unpaired) electrons. The zero-order valence-electron chi connectivity index (χ0n) is 24.6. The second-order valence-electron chi connectivity index (χ2n) is 11.9. The lowest BCUT2D eigenvalue weighted by molar-refractivity contribution is -0.126. The standard InChI is InChI=1S/C30H37FN6O4/c1-18(2)36-27(38)22(16-32-8)26(37(36)24-12-11-23(31)25(34-24)30(6,7)40)33-21-10-9-20-17-35(14-13-19(20)15-21)28(39)41-29(3,4)5/h9-12,15-16,18,40H,8,13-14,17H2,1-7H3/b22-16+,33-26?. The maximum Gasteiger partial charge on any atom is 0.410 e. The molecule has 2 aliphatic heterocycles. The summed E-state index contributed by atoms with van der Waals surface area (Å²) < 4.78 is 20.2. The Labute approximate surface area is 239 Å². The van der Waals surface area contributed by atoms with Crippen LogP contribution in [-0.2, 0) is 28.1 Å². The fraction of sp³-hybridized carbons (Fsp3) is 0.433. The lowest BCUT2D eigenvalue weighted by Gasteiger charge is -2.32. The molecule has 1 saturated heterocycles. The molecule has 2 aromatic rings. The highest BCUT2D eigenvalue weighted by atomic mass is 19.1. The quantitative estimate of drug-likeness (QED) is 0.403. The predicted molar refractivity (Wildman–Crippen MR) is 155 cm³/mol. The van der Waals surface area contributed by atoms with E-state index in [4.69, 9.17) is 9.73 Å². The third-order valence-corrected chi connectivity index (χ3v) is 6.52. The lowest BCUT2D eigenvalue weighted by atomic mass is 9.99. The zero-order chi connectivity index (χ0) is 30.3. The number of hydrogen-bond acceptors (Lipinski definition) is 7. The minimum Gasteiger partial charge on any atom is -0.444 e. The summed E-state index contributed by atoms with van der Waals surface area (Å²) in [5.41, 5.74) is 0.480. The zero-order valence-corrected chi connectivity index (χ0v) is 24.6. The topological polar surface area (TPSA) is 111 Å². The molecule has 2 amide bonds. The van der Waals surface area contributed by atoms with E-state index in [1.165, 1.54) is 42.2 Å². The summed E-state index contributed by atoms with van der Waals surface area (Å²) in [4.78, 5) is 40.9. The van der Waals surface area contributed by atoms with Gasteiger partial charge < -0.3 is 14.7 Å². The lowest BCUT2D eigenvalue weighted by Crippen LogP contribution is -2.46. The minimum absolute atomic E-state index is 0.159. The number of anilines is 1. The molecular weight excluding hydrogens is 527 g/mol. The largest absolute Gasteiger partial charge is 0.444 e. The van der Waals surface area contributed by atoms with Crippen LogP contribution < -0.4 is 5.01 Å². The fourth-order valence-electron chi connectivity index (χ4n) is 4.71. The van der Waals surface area contributed by atoms with E-state index in [0.29, 0.717) is 25.2 Å². The molecular formula is C30H37FN6O4. The van der Waals surface area contributed by atoms with Gasteiger partial charge in [-0.15, -0.1) is 0 Å². The number of halogens is 1. The van der Waals surface area contributed by atoms with E-state index in [2.05, 4.69) is 16.7 Å². The van der Waals surface area contributed by atoms with Crippen LogP contribution in [-0.4, -0.2) is 62.7 Å². The Morgan fingerprint density at radius 3 is 2.49 bits per heavy atom. The molecule has 0 bridgehead atoms. The highest BCUT2D eigenvalue weighted by Crippen LogP contribution is 2.33. The number of carbonyl (C=O) groups excluding carboxylic acids is 2. The van der Waals surface area contributed by atoms with E-state index in [1.807, 2.05) is 52.8 Å². The molecule has 0 atom stereocenters. The molecule has 0 unspecified atom stereocenters. The van der Waals surface area contributed by atoms with Crippen LogP contribution in [0.1, 0.15) is 65.3 Å². The van der Waals surface area contributed by atoms with Gasteiger partial charge in [0.1, 0.15) is 28.3 Å². The number of rotatable bonds is 5. The molecule has 1 aromatic heterocycles. The Balaban J connectivity index is 1.77. The van der Waals surface area contributed by atoms with Crippen LogP contribution in [0.15, 0.2) is 52.1 Å². The first-order chi connectivity index (χ1) is 19.1. The van der Waals surface area contributed by atoms with Gasteiger partial charge in [0, 0.05) is 25.3 Å². The van der Waals surface area contributed by atoms with Crippen molar-refractivity contribution in [3.8, 4) is 0 Å². The molecule has 0 spiro atoms. The van der Waals surface area contributed by atoms with Crippen molar-refractivity contribution in [2.75, 3.05) is 11.6 Å². The van der Waals surface area contributed by atoms with E-state index >= 15 is 0 Å². The number of aliphatic hydroxyl groups is 1. The number of ether oxygens (including phenoxy) is 1. The minimum atomic E-state index is -1.56. The number of benzene rings is 1. The average Bonchev–Trinajstić information content (AvgIpc) is 3.13. The van der Waals surface area contributed by atoms with E-state index < -0.39 is 17.0 Å². The number of nitrogens with zero attached hydrogens (tertiary/aromatic N) is 6. The van der Waals surface area contributed by atoms with Crippen molar-refractivity contribution < 1.29 is 23.8 Å². The Kier molecular flexibility index (Phi) is 8.04. The SMILES string of the molecule is C=N/C=C1/C(=O)N(C(C)C)N(c2ccc(F)c(C(C)(C)O)n2)C1=Nc1ccc2c(c1)CCN(C(=O)OC(C)(C)C)C2. The summed E-state index contributed by atoms with van der Waals surface area (Å²) in [5, 5.41) is 13.5. The molecule has 1 fully saturated rings. The molecule has 4 rings (SSSR count). The molecule has 41 heavy (non-hydrogen) atoms. The second kappa shape index (κ2) is 11.0. The molecule has 1 N–H and O–H groups in total. The number of hydrogen-bond donors (Lipinski definition) is 1. The van der Waals surface area contributed by atoms with Crippen molar-refractivity contribution >= 4 is 36.1 Å². The maximum absolute atomic E-state index is 14.6. The van der Waals surface area contributed by atoms with E-state index in [1.54, 1.807) is 4.90 Å². The second-order valence-corrected chi connectivity index (χ2v) is 11.9. The third kappa shape index (κ3) is 6.30. The van der Waals surface area contributed by atoms with Crippen LogP contribution in [0.2, 0.25) is 0 Å². The molecule has 11 heteroatoms. The van der Waals surface area contributed by atoms with Gasteiger partial charge in [0.05, 0.1) is 5.69 Å². The molecule has 0 saturated carbocycles. The first kappa shape index (κ1) is 29.9. The summed E-state index contributed by atoms with van der Waals surface area (Å²) in [6.07, 6.45) is 1.60. The maximum atomic E-state index is 14.6. The summed E-state index contributed by atoms with van der Waals surface area (Å²) in [6.45, 7) is 16.5. The van der Waals surface area contributed by atoms with Gasteiger partial charge in [-0.2, -0.15) is 0 Å². The molecule has 3 heterocycles. The molecule has 1 aromatic carbocycles. The number of pyridine rings is 1. The average molecular weight is 565 g/mol. The normalized spacial score (nSPS) is 18.0. The van der Waals surface area contributed by atoms with Gasteiger partial charge in [-0.1, -0.05) is 6.07 Å². The van der Waals surface area contributed by atoms with Gasteiger partial charge in [-0.05, 0) is 97.0 Å². The van der Waals surface area contributed by atoms with E-state index in [9.17, 15) is 19.1 Å². The Morgan fingerprint density at radius 2 is 1.88 bits per heavy atom. The van der Waals surface area contributed by atoms with Gasteiger partial charge in [0.15, 0.2) is 11.7 Å². The summed E-state index contributed by atoms with van der Waals surface area (Å²) in [7, 11) is 0. The molecule has 218 valence electrons. The van der Waals surface area contributed by atoms with Crippen molar-refractivity contribution in [1.29, 1.82) is 0 Å². The Hall–Kier alpha value is -4.12. The molecule has 0 aliphatic carbocycles. The van der Waals surface area contributed by atoms with E-state index in [0.717, 1.165) is 11.1 Å². The van der Waals surface area contributed by atoms with Crippen molar-refractivity contribution in [2.24, 2.45) is 9.98 Å². The van der Waals surface area contributed by atoms with Crippen LogP contribution in [0, 0.1) is 5.82 Å². The number of amides is 2. The predicted octanol–water partition coefficient (Wildman–Crippen LogP) is 5.03. The fourth-order valence-corrected chi connectivity index (χ4v) is 4.71. The monoisotopic (exact) mass is 564 g/mol. The number of aliphatic imine (C=N–C) groups is 2. The van der Waals surface area contributed by atoms with Crippen LogP contribution in [0.25, 0.3) is 0 Å². The number of amidine groups is 1. The summed E-state index contributed by atoms with van der Waals surface area (Å²) in [5.74, 6) is -0.584. The van der Waals surface area contributed by atoms with E-state index in [-0.39, 0.29) is 41.0 Å². The number of carbonyl (C=O) groups is 2. The summed E-state index contributed by atoms with van der Waals surface area (Å²) >= 11 is 0. The number of fused-ring (bicyclic) bond motifs is 1. The van der Waals surface area contributed by atoms with Crippen molar-refractivity contribution in [3.63, 3.8) is 0 Å². The highest BCUT2D eigenvalue weighted by Gasteiger charge is 2.43. The Bertz CT molecular complexity index is 1440. The van der Waals surface area contributed by atoms with Crippen LogP contribution in [0.5, 0.6) is 0 Å². The number of aromatic nitrogens is 1. The van der Waals surface area contributed by atoms with Crippen LogP contribution in [0.4, 0.5) is 20.7 Å². The van der Waals surface area contributed by atoms with Crippen molar-refractivity contribution in [3.05, 3.63) is 64.7 Å². The summed E-state index contributed by atoms with van der Waals surface area (Å²) in [6, 6.07) is 7.97. The smallest absolute Gasteiger partial charge is 0.410 e. The molecule has 2 aliphatic rings. The van der Waals surface area contributed by atoms with Gasteiger partial charge in [-0.25, -0.2) is 29.2 Å². The van der Waals surface area contributed by atoms with Crippen LogP contribution in [0.3, 0.4) is 0 Å². The first-order valence-corrected chi connectivity index (χ1v) is 13.5. The highest BCUT2D eigenvalue weighted by molar-refractivity contribution is 6.31. The third-order valence-electron chi connectivity index (χ3n) is 6.52. The molecule has 10 nitrogen and oxygen atoms in total. The first-order valence-electron chi connectivity index (χ1n) is 13.5.